The number of rotatable bonds is 2. The molecule has 1 aromatic carbocycles. The average Bonchev–Trinajstić information content (AvgIpc) is 2.54. The summed E-state index contributed by atoms with van der Waals surface area (Å²) in [5, 5.41) is 0.669. The van der Waals surface area contributed by atoms with E-state index in [9.17, 15) is 0 Å². The summed E-state index contributed by atoms with van der Waals surface area (Å²) >= 11 is 1.61. The fourth-order valence-electron chi connectivity index (χ4n) is 2.60. The highest BCUT2D eigenvalue weighted by atomic mass is 32.1. The predicted molar refractivity (Wildman–Crippen MR) is 76.9 cm³/mol. The SMILES string of the molecule is Cc1cc2nc(N)sc2c(C(C)C)c1C(C)C. The molecule has 92 valence electrons. The molecule has 3 heteroatoms. The third kappa shape index (κ3) is 2.04. The first kappa shape index (κ1) is 12.4. The number of benzene rings is 1. The van der Waals surface area contributed by atoms with Crippen molar-refractivity contribution < 1.29 is 0 Å². The van der Waals surface area contributed by atoms with Gasteiger partial charge in [0.15, 0.2) is 5.13 Å². The van der Waals surface area contributed by atoms with E-state index < -0.39 is 0 Å². The molecule has 2 N–H and O–H groups in total. The van der Waals surface area contributed by atoms with Crippen molar-refractivity contribution in [2.75, 3.05) is 5.73 Å². The van der Waals surface area contributed by atoms with Gasteiger partial charge in [0, 0.05) is 0 Å². The van der Waals surface area contributed by atoms with Gasteiger partial charge in [0.25, 0.3) is 0 Å². The van der Waals surface area contributed by atoms with Gasteiger partial charge < -0.3 is 5.73 Å². The average molecular weight is 248 g/mol. The molecule has 0 aliphatic carbocycles. The number of aryl methyl sites for hydroxylation is 1. The van der Waals surface area contributed by atoms with Gasteiger partial charge in [-0.2, -0.15) is 0 Å². The van der Waals surface area contributed by atoms with Gasteiger partial charge in [0.05, 0.1) is 10.2 Å². The maximum Gasteiger partial charge on any atom is 0.181 e. The maximum atomic E-state index is 5.84. The van der Waals surface area contributed by atoms with Gasteiger partial charge in [-0.25, -0.2) is 4.98 Å². The summed E-state index contributed by atoms with van der Waals surface area (Å²) in [5.41, 5.74) is 11.1. The third-order valence-electron chi connectivity index (χ3n) is 3.14. The normalized spacial score (nSPS) is 11.9. The molecule has 1 aromatic heterocycles. The molecule has 0 aliphatic heterocycles. The molecular formula is C14H20N2S. The van der Waals surface area contributed by atoms with Crippen LogP contribution in [0.4, 0.5) is 5.13 Å². The molecule has 0 saturated heterocycles. The third-order valence-corrected chi connectivity index (χ3v) is 4.07. The van der Waals surface area contributed by atoms with E-state index in [2.05, 4.69) is 45.7 Å². The van der Waals surface area contributed by atoms with Gasteiger partial charge in [-0.15, -0.1) is 0 Å². The summed E-state index contributed by atoms with van der Waals surface area (Å²) in [4.78, 5) is 4.41. The summed E-state index contributed by atoms with van der Waals surface area (Å²) in [5.74, 6) is 1.05. The zero-order chi connectivity index (χ0) is 12.7. The Labute approximate surface area is 107 Å². The second-order valence-corrected chi connectivity index (χ2v) is 6.26. The van der Waals surface area contributed by atoms with E-state index in [0.29, 0.717) is 17.0 Å². The molecule has 17 heavy (non-hydrogen) atoms. The van der Waals surface area contributed by atoms with Gasteiger partial charge in [-0.3, -0.25) is 0 Å². The van der Waals surface area contributed by atoms with Crippen LogP contribution in [0.5, 0.6) is 0 Å². The lowest BCUT2D eigenvalue weighted by molar-refractivity contribution is 0.792. The summed E-state index contributed by atoms with van der Waals surface area (Å²) < 4.78 is 1.27. The summed E-state index contributed by atoms with van der Waals surface area (Å²) in [7, 11) is 0. The molecule has 2 nitrogen and oxygen atoms in total. The van der Waals surface area contributed by atoms with Crippen molar-refractivity contribution in [3.05, 3.63) is 22.8 Å². The molecule has 0 fully saturated rings. The van der Waals surface area contributed by atoms with Crippen LogP contribution >= 0.6 is 11.3 Å². The Morgan fingerprint density at radius 1 is 1.12 bits per heavy atom. The minimum Gasteiger partial charge on any atom is -0.375 e. The molecule has 0 amide bonds. The lowest BCUT2D eigenvalue weighted by Crippen LogP contribution is -2.02. The monoisotopic (exact) mass is 248 g/mol. The summed E-state index contributed by atoms with van der Waals surface area (Å²) in [6, 6.07) is 2.17. The number of anilines is 1. The van der Waals surface area contributed by atoms with E-state index >= 15 is 0 Å². The number of nitrogen functional groups attached to an aromatic ring is 1. The number of aromatic nitrogens is 1. The van der Waals surface area contributed by atoms with Crippen LogP contribution in [-0.2, 0) is 0 Å². The van der Waals surface area contributed by atoms with Gasteiger partial charge in [0.2, 0.25) is 0 Å². The van der Waals surface area contributed by atoms with E-state index in [1.54, 1.807) is 11.3 Å². The fraction of sp³-hybridized carbons (Fsp3) is 0.500. The minimum atomic E-state index is 0.509. The molecule has 0 spiro atoms. The quantitative estimate of drug-likeness (QED) is 0.853. The van der Waals surface area contributed by atoms with Crippen LogP contribution in [0.15, 0.2) is 6.07 Å². The smallest absolute Gasteiger partial charge is 0.181 e. The van der Waals surface area contributed by atoms with E-state index in [-0.39, 0.29) is 0 Å². The molecule has 0 aliphatic rings. The molecule has 0 saturated carbocycles. The Bertz CT molecular complexity index is 553. The number of nitrogens with zero attached hydrogens (tertiary/aromatic N) is 1. The lowest BCUT2D eigenvalue weighted by atomic mass is 9.87. The van der Waals surface area contributed by atoms with Crippen LogP contribution in [0.2, 0.25) is 0 Å². The van der Waals surface area contributed by atoms with Crippen molar-refractivity contribution >= 4 is 26.7 Å². The molecule has 0 atom stereocenters. The van der Waals surface area contributed by atoms with E-state index in [1.165, 1.54) is 21.4 Å². The van der Waals surface area contributed by atoms with Crippen molar-refractivity contribution in [3.8, 4) is 0 Å². The second-order valence-electron chi connectivity index (χ2n) is 5.23. The highest BCUT2D eigenvalue weighted by molar-refractivity contribution is 7.22. The Kier molecular flexibility index (Phi) is 3.13. The predicted octanol–water partition coefficient (Wildman–Crippen LogP) is 4.43. The van der Waals surface area contributed by atoms with E-state index in [1.807, 2.05) is 0 Å². The first-order valence-corrected chi connectivity index (χ1v) is 6.92. The Balaban J connectivity index is 2.87. The number of fused-ring (bicyclic) bond motifs is 1. The molecule has 1 heterocycles. The standard InChI is InChI=1S/C14H20N2S/c1-7(2)11-9(5)6-10-13(12(11)8(3)4)17-14(15)16-10/h6-8H,1-5H3,(H2,15,16). The van der Waals surface area contributed by atoms with Crippen molar-refractivity contribution in [2.45, 2.75) is 46.5 Å². The highest BCUT2D eigenvalue weighted by Gasteiger charge is 2.18. The van der Waals surface area contributed by atoms with Crippen molar-refractivity contribution in [1.29, 1.82) is 0 Å². The summed E-state index contributed by atoms with van der Waals surface area (Å²) in [6.07, 6.45) is 0. The van der Waals surface area contributed by atoms with E-state index in [4.69, 9.17) is 5.73 Å². The van der Waals surface area contributed by atoms with Gasteiger partial charge >= 0.3 is 0 Å². The topological polar surface area (TPSA) is 38.9 Å². The van der Waals surface area contributed by atoms with Crippen LogP contribution in [0, 0.1) is 6.92 Å². The molecule has 0 unspecified atom stereocenters. The number of hydrogen-bond donors (Lipinski definition) is 1. The van der Waals surface area contributed by atoms with Gasteiger partial charge in [-0.05, 0) is 41.5 Å². The molecule has 2 aromatic rings. The molecule has 0 radical (unpaired) electrons. The van der Waals surface area contributed by atoms with Crippen LogP contribution in [-0.4, -0.2) is 4.98 Å². The largest absolute Gasteiger partial charge is 0.375 e. The van der Waals surface area contributed by atoms with E-state index in [0.717, 1.165) is 5.52 Å². The van der Waals surface area contributed by atoms with Crippen molar-refractivity contribution in [2.24, 2.45) is 0 Å². The van der Waals surface area contributed by atoms with Crippen LogP contribution in [0.25, 0.3) is 10.2 Å². The van der Waals surface area contributed by atoms with Gasteiger partial charge in [-0.1, -0.05) is 39.0 Å². The number of hydrogen-bond acceptors (Lipinski definition) is 3. The molecule has 2 rings (SSSR count). The zero-order valence-corrected chi connectivity index (χ0v) is 12.0. The van der Waals surface area contributed by atoms with Crippen molar-refractivity contribution in [1.82, 2.24) is 4.98 Å². The fourth-order valence-corrected chi connectivity index (χ4v) is 3.61. The summed E-state index contributed by atoms with van der Waals surface area (Å²) in [6.45, 7) is 11.2. The Morgan fingerprint density at radius 3 is 2.24 bits per heavy atom. The Hall–Kier alpha value is -1.09. The van der Waals surface area contributed by atoms with Crippen LogP contribution in [0.3, 0.4) is 0 Å². The number of thiazole rings is 1. The minimum absolute atomic E-state index is 0.509. The molecular weight excluding hydrogens is 228 g/mol. The van der Waals surface area contributed by atoms with Crippen LogP contribution < -0.4 is 5.73 Å². The lowest BCUT2D eigenvalue weighted by Gasteiger charge is -2.19. The second kappa shape index (κ2) is 4.30. The Morgan fingerprint density at radius 2 is 1.71 bits per heavy atom. The first-order valence-electron chi connectivity index (χ1n) is 6.11. The highest BCUT2D eigenvalue weighted by Crippen LogP contribution is 2.38. The molecule has 0 bridgehead atoms. The van der Waals surface area contributed by atoms with Crippen LogP contribution in [0.1, 0.15) is 56.2 Å². The zero-order valence-electron chi connectivity index (χ0n) is 11.2. The maximum absolute atomic E-state index is 5.84. The van der Waals surface area contributed by atoms with Crippen molar-refractivity contribution in [3.63, 3.8) is 0 Å². The first-order chi connectivity index (χ1) is 7.91. The number of nitrogens with two attached hydrogens (primary N) is 1. The van der Waals surface area contributed by atoms with Gasteiger partial charge in [0.1, 0.15) is 0 Å².